The van der Waals surface area contributed by atoms with E-state index in [0.717, 1.165) is 20.2 Å². The molecule has 0 saturated heterocycles. The second-order valence-electron chi connectivity index (χ2n) is 4.79. The molecule has 0 unspecified atom stereocenters. The topological polar surface area (TPSA) is 59.8 Å². The van der Waals surface area contributed by atoms with Gasteiger partial charge in [-0.3, -0.25) is 9.78 Å². The van der Waals surface area contributed by atoms with Crippen LogP contribution in [0.2, 0.25) is 0 Å². The molecule has 0 aliphatic carbocycles. The normalized spacial score (nSPS) is 10.5. The molecule has 0 saturated carbocycles. The summed E-state index contributed by atoms with van der Waals surface area (Å²) in [4.78, 5) is 21.5. The third-order valence-electron chi connectivity index (χ3n) is 3.07. The monoisotopic (exact) mass is 388 g/mol. The van der Waals surface area contributed by atoms with E-state index < -0.39 is 0 Å². The highest BCUT2D eigenvalue weighted by Gasteiger charge is 2.08. The first-order valence-corrected chi connectivity index (χ1v) is 8.40. The van der Waals surface area contributed by atoms with Gasteiger partial charge in [0.1, 0.15) is 0 Å². The Morgan fingerprint density at radius 1 is 1.26 bits per heavy atom. The number of hydrogen-bond acceptors (Lipinski definition) is 4. The van der Waals surface area contributed by atoms with Crippen LogP contribution in [-0.4, -0.2) is 20.4 Å². The minimum absolute atomic E-state index is 0.191. The Hall–Kier alpha value is -2.12. The lowest BCUT2D eigenvalue weighted by atomic mass is 10.2. The zero-order chi connectivity index (χ0) is 16.2. The quantitative estimate of drug-likeness (QED) is 0.733. The van der Waals surface area contributed by atoms with E-state index in [1.165, 1.54) is 6.20 Å². The van der Waals surface area contributed by atoms with Crippen molar-refractivity contribution < 1.29 is 4.79 Å². The number of nitrogens with zero attached hydrogens (tertiary/aromatic N) is 3. The van der Waals surface area contributed by atoms with Gasteiger partial charge in [-0.05, 0) is 46.3 Å². The molecule has 1 amide bonds. The Labute approximate surface area is 146 Å². The van der Waals surface area contributed by atoms with Crippen molar-refractivity contribution in [1.82, 2.24) is 14.5 Å². The van der Waals surface area contributed by atoms with E-state index in [4.69, 9.17) is 0 Å². The number of benzene rings is 1. The zero-order valence-corrected chi connectivity index (χ0v) is 14.6. The molecule has 23 heavy (non-hydrogen) atoms. The van der Waals surface area contributed by atoms with Gasteiger partial charge in [-0.1, -0.05) is 11.8 Å². The number of carbonyl (C=O) groups excluding carboxylic acids is 1. The van der Waals surface area contributed by atoms with Crippen LogP contribution >= 0.6 is 27.7 Å². The van der Waals surface area contributed by atoms with Crippen molar-refractivity contribution in [3.05, 3.63) is 65.2 Å². The number of hydrogen-bond donors (Lipinski definition) is 1. The molecule has 0 aliphatic rings. The van der Waals surface area contributed by atoms with Crippen LogP contribution in [-0.2, 0) is 7.05 Å². The molecule has 3 aromatic rings. The summed E-state index contributed by atoms with van der Waals surface area (Å²) in [6.07, 6.45) is 6.84. The second kappa shape index (κ2) is 6.97. The maximum Gasteiger partial charge on any atom is 0.257 e. The molecule has 7 heteroatoms. The lowest BCUT2D eigenvalue weighted by Crippen LogP contribution is -2.12. The average molecular weight is 389 g/mol. The fourth-order valence-corrected chi connectivity index (χ4v) is 3.07. The molecule has 1 aromatic carbocycles. The van der Waals surface area contributed by atoms with Gasteiger partial charge >= 0.3 is 0 Å². The summed E-state index contributed by atoms with van der Waals surface area (Å²) < 4.78 is 2.73. The number of carbonyl (C=O) groups is 1. The first kappa shape index (κ1) is 15.8. The van der Waals surface area contributed by atoms with Crippen LogP contribution < -0.4 is 5.32 Å². The lowest BCUT2D eigenvalue weighted by Gasteiger charge is -2.07. The highest BCUT2D eigenvalue weighted by molar-refractivity contribution is 9.10. The summed E-state index contributed by atoms with van der Waals surface area (Å²) in [5.41, 5.74) is 1.24. The molecule has 5 nitrogen and oxygen atoms in total. The number of pyridine rings is 1. The molecular formula is C16H13BrN4OS. The SMILES string of the molecule is Cn1ccnc1Sc1ccc(NC(=O)c2cncc(Br)c2)cc1. The molecule has 0 fully saturated rings. The van der Waals surface area contributed by atoms with E-state index >= 15 is 0 Å². The van der Waals surface area contributed by atoms with E-state index in [1.807, 2.05) is 42.1 Å². The van der Waals surface area contributed by atoms with Crippen LogP contribution in [0, 0.1) is 0 Å². The molecule has 0 atom stereocenters. The van der Waals surface area contributed by atoms with Gasteiger partial charge < -0.3 is 9.88 Å². The van der Waals surface area contributed by atoms with Gasteiger partial charge in [-0.25, -0.2) is 4.98 Å². The first-order chi connectivity index (χ1) is 11.1. The molecule has 3 rings (SSSR count). The van der Waals surface area contributed by atoms with E-state index in [-0.39, 0.29) is 5.91 Å². The van der Waals surface area contributed by atoms with E-state index in [1.54, 1.807) is 30.2 Å². The minimum atomic E-state index is -0.191. The molecule has 1 N–H and O–H groups in total. The summed E-state index contributed by atoms with van der Waals surface area (Å²) in [7, 11) is 1.95. The number of halogens is 1. The van der Waals surface area contributed by atoms with Crippen molar-refractivity contribution in [1.29, 1.82) is 0 Å². The number of aryl methyl sites for hydroxylation is 1. The predicted molar refractivity (Wildman–Crippen MR) is 93.7 cm³/mol. The molecule has 0 spiro atoms. The van der Waals surface area contributed by atoms with Crippen LogP contribution in [0.15, 0.2) is 69.6 Å². The van der Waals surface area contributed by atoms with E-state index in [0.29, 0.717) is 5.56 Å². The first-order valence-electron chi connectivity index (χ1n) is 6.79. The number of aromatic nitrogens is 3. The molecule has 0 aliphatic heterocycles. The molecule has 0 radical (unpaired) electrons. The molecule has 116 valence electrons. The largest absolute Gasteiger partial charge is 0.329 e. The third-order valence-corrected chi connectivity index (χ3v) is 4.58. The van der Waals surface area contributed by atoms with Crippen molar-refractivity contribution in [3.63, 3.8) is 0 Å². The predicted octanol–water partition coefficient (Wildman–Crippen LogP) is 3.98. The smallest absolute Gasteiger partial charge is 0.257 e. The summed E-state index contributed by atoms with van der Waals surface area (Å²) >= 11 is 4.88. The number of nitrogens with one attached hydrogen (secondary N) is 1. The Morgan fingerprint density at radius 2 is 2.04 bits per heavy atom. The van der Waals surface area contributed by atoms with Gasteiger partial charge in [0.2, 0.25) is 0 Å². The summed E-state index contributed by atoms with van der Waals surface area (Å²) in [6, 6.07) is 9.37. The molecule has 2 aromatic heterocycles. The van der Waals surface area contributed by atoms with Gasteiger partial charge in [0, 0.05) is 46.9 Å². The number of rotatable bonds is 4. The Kier molecular flexibility index (Phi) is 4.78. The highest BCUT2D eigenvalue weighted by atomic mass is 79.9. The number of anilines is 1. The fourth-order valence-electron chi connectivity index (χ4n) is 1.90. The fraction of sp³-hybridized carbons (Fsp3) is 0.0625. The van der Waals surface area contributed by atoms with Gasteiger partial charge in [-0.15, -0.1) is 0 Å². The maximum absolute atomic E-state index is 12.2. The zero-order valence-electron chi connectivity index (χ0n) is 12.2. The molecular weight excluding hydrogens is 376 g/mol. The molecule has 2 heterocycles. The summed E-state index contributed by atoms with van der Waals surface area (Å²) in [6.45, 7) is 0. The third kappa shape index (κ3) is 4.00. The lowest BCUT2D eigenvalue weighted by molar-refractivity contribution is 0.102. The number of imidazole rings is 1. The number of amides is 1. The summed E-state index contributed by atoms with van der Waals surface area (Å²) in [5, 5.41) is 3.77. The van der Waals surface area contributed by atoms with Gasteiger partial charge in [0.25, 0.3) is 5.91 Å². The van der Waals surface area contributed by atoms with Crippen LogP contribution in [0.4, 0.5) is 5.69 Å². The Morgan fingerprint density at radius 3 is 2.70 bits per heavy atom. The minimum Gasteiger partial charge on any atom is -0.329 e. The van der Waals surface area contributed by atoms with Gasteiger partial charge in [0.05, 0.1) is 5.56 Å². The average Bonchev–Trinajstić information content (AvgIpc) is 2.94. The van der Waals surface area contributed by atoms with Crippen LogP contribution in [0.25, 0.3) is 0 Å². The second-order valence-corrected chi connectivity index (χ2v) is 6.75. The Balaban J connectivity index is 1.68. The standard InChI is InChI=1S/C16H13BrN4OS/c1-21-7-6-19-16(21)23-14-4-2-13(3-5-14)20-15(22)11-8-12(17)10-18-9-11/h2-10H,1H3,(H,20,22). The van der Waals surface area contributed by atoms with E-state index in [2.05, 4.69) is 31.2 Å². The van der Waals surface area contributed by atoms with Crippen molar-refractivity contribution in [2.24, 2.45) is 7.05 Å². The van der Waals surface area contributed by atoms with Crippen LogP contribution in [0.5, 0.6) is 0 Å². The maximum atomic E-state index is 12.2. The van der Waals surface area contributed by atoms with E-state index in [9.17, 15) is 4.79 Å². The van der Waals surface area contributed by atoms with Crippen LogP contribution in [0.3, 0.4) is 0 Å². The van der Waals surface area contributed by atoms with Crippen molar-refractivity contribution >= 4 is 39.3 Å². The van der Waals surface area contributed by atoms with Gasteiger partial charge in [-0.2, -0.15) is 0 Å². The summed E-state index contributed by atoms with van der Waals surface area (Å²) in [5.74, 6) is -0.191. The highest BCUT2D eigenvalue weighted by Crippen LogP contribution is 2.26. The van der Waals surface area contributed by atoms with Crippen molar-refractivity contribution in [2.45, 2.75) is 10.1 Å². The van der Waals surface area contributed by atoms with Crippen molar-refractivity contribution in [3.8, 4) is 0 Å². The van der Waals surface area contributed by atoms with Crippen LogP contribution in [0.1, 0.15) is 10.4 Å². The van der Waals surface area contributed by atoms with Crippen molar-refractivity contribution in [2.75, 3.05) is 5.32 Å². The van der Waals surface area contributed by atoms with Gasteiger partial charge in [0.15, 0.2) is 5.16 Å². The molecule has 0 bridgehead atoms. The Bertz CT molecular complexity index is 832.